The Bertz CT molecular complexity index is 948. The number of rotatable bonds is 19. The molecule has 0 aromatic heterocycles. The summed E-state index contributed by atoms with van der Waals surface area (Å²) in [7, 11) is 0. The molecule has 0 saturated heterocycles. The molecule has 2 aromatic carbocycles. The van der Waals surface area contributed by atoms with E-state index in [9.17, 15) is 5.26 Å². The summed E-state index contributed by atoms with van der Waals surface area (Å²) in [6, 6.07) is 20.4. The summed E-state index contributed by atoms with van der Waals surface area (Å²) in [4.78, 5) is 0. The van der Waals surface area contributed by atoms with Gasteiger partial charge in [-0.25, -0.2) is 0 Å². The highest BCUT2D eigenvalue weighted by Gasteiger charge is 2.36. The van der Waals surface area contributed by atoms with E-state index in [1.54, 1.807) is 0 Å². The molecule has 214 valence electrons. The number of benzene rings is 2. The fourth-order valence-corrected chi connectivity index (χ4v) is 6.42. The molecule has 1 aliphatic rings. The second kappa shape index (κ2) is 18.1. The van der Waals surface area contributed by atoms with E-state index in [2.05, 4.69) is 68.4 Å². The van der Waals surface area contributed by atoms with Crippen molar-refractivity contribution < 1.29 is 4.74 Å². The van der Waals surface area contributed by atoms with E-state index < -0.39 is 0 Å². The van der Waals surface area contributed by atoms with Crippen molar-refractivity contribution in [2.24, 2.45) is 5.41 Å². The number of unbranched alkanes of at least 4 members (excludes halogenated alkanes) is 12. The minimum atomic E-state index is -0.0939. The SMILES string of the molecule is CCCCCCCCCOc1ccc(-c2ccccc2C2CCC(C#N)(CCCCCCCCC)CC2)cc1. The first kappa shape index (κ1) is 31.3. The Kier molecular flexibility index (Phi) is 14.5. The molecular formula is C37H55NO. The second-order valence-corrected chi connectivity index (χ2v) is 12.1. The van der Waals surface area contributed by atoms with Gasteiger partial charge in [-0.1, -0.05) is 134 Å². The molecule has 0 unspecified atom stereocenters. The van der Waals surface area contributed by atoms with Crippen LogP contribution in [-0.4, -0.2) is 6.61 Å². The van der Waals surface area contributed by atoms with Crippen molar-refractivity contribution in [1.29, 1.82) is 5.26 Å². The van der Waals surface area contributed by atoms with E-state index >= 15 is 0 Å². The maximum absolute atomic E-state index is 10.1. The van der Waals surface area contributed by atoms with Crippen LogP contribution in [-0.2, 0) is 0 Å². The Morgan fingerprint density at radius 1 is 0.718 bits per heavy atom. The Hall–Kier alpha value is -2.27. The number of nitrogens with zero attached hydrogens (tertiary/aromatic N) is 1. The molecule has 1 aliphatic carbocycles. The van der Waals surface area contributed by atoms with Gasteiger partial charge in [0, 0.05) is 0 Å². The largest absolute Gasteiger partial charge is 0.494 e. The highest BCUT2D eigenvalue weighted by Crippen LogP contribution is 2.47. The zero-order chi connectivity index (χ0) is 27.6. The third-order valence-electron chi connectivity index (χ3n) is 9.02. The van der Waals surface area contributed by atoms with E-state index in [-0.39, 0.29) is 5.41 Å². The highest BCUT2D eigenvalue weighted by atomic mass is 16.5. The molecule has 2 heteroatoms. The molecule has 39 heavy (non-hydrogen) atoms. The summed E-state index contributed by atoms with van der Waals surface area (Å²) in [5, 5.41) is 10.1. The predicted molar refractivity (Wildman–Crippen MR) is 167 cm³/mol. The summed E-state index contributed by atoms with van der Waals surface area (Å²) in [6.07, 6.45) is 23.8. The molecule has 0 heterocycles. The van der Waals surface area contributed by atoms with Crippen LogP contribution in [0.2, 0.25) is 0 Å². The van der Waals surface area contributed by atoms with Gasteiger partial charge in [0.1, 0.15) is 5.75 Å². The van der Waals surface area contributed by atoms with E-state index in [1.165, 1.54) is 100 Å². The lowest BCUT2D eigenvalue weighted by Crippen LogP contribution is -2.25. The number of nitriles is 1. The molecular weight excluding hydrogens is 474 g/mol. The fourth-order valence-electron chi connectivity index (χ4n) is 6.42. The fraction of sp³-hybridized carbons (Fsp3) is 0.649. The van der Waals surface area contributed by atoms with E-state index in [0.717, 1.165) is 50.9 Å². The van der Waals surface area contributed by atoms with Crippen molar-refractivity contribution >= 4 is 0 Å². The first-order valence-electron chi connectivity index (χ1n) is 16.4. The Morgan fingerprint density at radius 2 is 1.28 bits per heavy atom. The Morgan fingerprint density at radius 3 is 1.90 bits per heavy atom. The molecule has 0 bridgehead atoms. The quantitative estimate of drug-likeness (QED) is 0.169. The van der Waals surface area contributed by atoms with Crippen LogP contribution < -0.4 is 4.74 Å². The van der Waals surface area contributed by atoms with Crippen LogP contribution in [0.25, 0.3) is 11.1 Å². The average Bonchev–Trinajstić information content (AvgIpc) is 2.99. The third kappa shape index (κ3) is 10.7. The van der Waals surface area contributed by atoms with Gasteiger partial charge in [-0.2, -0.15) is 5.26 Å². The standard InChI is InChI=1S/C37H55NO/c1-3-5-7-9-11-13-17-27-37(31-38)28-25-33(26-29-37)36-20-16-15-19-35(36)32-21-23-34(24-22-32)39-30-18-14-12-10-8-6-4-2/h15-16,19-24,33H,3-14,17-18,25-30H2,1-2H3. The zero-order valence-electron chi connectivity index (χ0n) is 25.2. The smallest absolute Gasteiger partial charge is 0.119 e. The number of hydrogen-bond donors (Lipinski definition) is 0. The first-order valence-corrected chi connectivity index (χ1v) is 16.4. The van der Waals surface area contributed by atoms with Crippen molar-refractivity contribution in [3.05, 3.63) is 54.1 Å². The summed E-state index contributed by atoms with van der Waals surface area (Å²) in [5.74, 6) is 1.52. The van der Waals surface area contributed by atoms with Gasteiger partial charge >= 0.3 is 0 Å². The van der Waals surface area contributed by atoms with Gasteiger partial charge in [-0.05, 0) is 73.3 Å². The van der Waals surface area contributed by atoms with Gasteiger partial charge < -0.3 is 4.74 Å². The maximum atomic E-state index is 10.1. The van der Waals surface area contributed by atoms with Gasteiger partial charge in [-0.15, -0.1) is 0 Å². The maximum Gasteiger partial charge on any atom is 0.119 e. The molecule has 0 N–H and O–H groups in total. The lowest BCUT2D eigenvalue weighted by molar-refractivity contribution is 0.223. The average molecular weight is 530 g/mol. The van der Waals surface area contributed by atoms with Gasteiger partial charge in [0.2, 0.25) is 0 Å². The molecule has 3 rings (SSSR count). The Labute approximate surface area is 240 Å². The minimum Gasteiger partial charge on any atom is -0.494 e. The zero-order valence-corrected chi connectivity index (χ0v) is 25.2. The second-order valence-electron chi connectivity index (χ2n) is 12.1. The van der Waals surface area contributed by atoms with E-state index in [1.807, 2.05) is 0 Å². The van der Waals surface area contributed by atoms with Crippen LogP contribution in [0.5, 0.6) is 5.75 Å². The van der Waals surface area contributed by atoms with Gasteiger partial charge in [-0.3, -0.25) is 0 Å². The molecule has 0 aliphatic heterocycles. The topological polar surface area (TPSA) is 33.0 Å². The molecule has 0 amide bonds. The van der Waals surface area contributed by atoms with Crippen molar-refractivity contribution in [3.63, 3.8) is 0 Å². The number of hydrogen-bond acceptors (Lipinski definition) is 2. The lowest BCUT2D eigenvalue weighted by Gasteiger charge is -2.36. The molecule has 1 fully saturated rings. The van der Waals surface area contributed by atoms with Crippen LogP contribution >= 0.6 is 0 Å². The van der Waals surface area contributed by atoms with Crippen LogP contribution in [0.3, 0.4) is 0 Å². The summed E-state index contributed by atoms with van der Waals surface area (Å²) >= 11 is 0. The normalized spacial score (nSPS) is 19.1. The van der Waals surface area contributed by atoms with Crippen molar-refractivity contribution in [1.82, 2.24) is 0 Å². The summed E-state index contributed by atoms with van der Waals surface area (Å²) < 4.78 is 6.04. The van der Waals surface area contributed by atoms with E-state index in [4.69, 9.17) is 4.74 Å². The summed E-state index contributed by atoms with van der Waals surface area (Å²) in [6.45, 7) is 5.35. The number of ether oxygens (including phenoxy) is 1. The van der Waals surface area contributed by atoms with Gasteiger partial charge in [0.25, 0.3) is 0 Å². The van der Waals surface area contributed by atoms with Gasteiger partial charge in [0.05, 0.1) is 18.1 Å². The molecule has 2 nitrogen and oxygen atoms in total. The molecule has 0 spiro atoms. The monoisotopic (exact) mass is 529 g/mol. The lowest BCUT2D eigenvalue weighted by atomic mass is 9.67. The minimum absolute atomic E-state index is 0.0939. The Balaban J connectivity index is 1.47. The van der Waals surface area contributed by atoms with Crippen molar-refractivity contribution in [2.75, 3.05) is 6.61 Å². The van der Waals surface area contributed by atoms with E-state index in [0.29, 0.717) is 5.92 Å². The third-order valence-corrected chi connectivity index (χ3v) is 9.02. The highest BCUT2D eigenvalue weighted by molar-refractivity contribution is 5.68. The van der Waals surface area contributed by atoms with Crippen LogP contribution in [0.4, 0.5) is 0 Å². The van der Waals surface area contributed by atoms with Crippen LogP contribution in [0, 0.1) is 16.7 Å². The van der Waals surface area contributed by atoms with Gasteiger partial charge in [0.15, 0.2) is 0 Å². The van der Waals surface area contributed by atoms with Crippen LogP contribution in [0.1, 0.15) is 147 Å². The molecule has 0 atom stereocenters. The molecule has 2 aromatic rings. The molecule has 1 saturated carbocycles. The van der Waals surface area contributed by atoms with Crippen LogP contribution in [0.15, 0.2) is 48.5 Å². The predicted octanol–water partition coefficient (Wildman–Crippen LogP) is 11.8. The van der Waals surface area contributed by atoms with Crippen molar-refractivity contribution in [3.8, 4) is 22.9 Å². The van der Waals surface area contributed by atoms with Crippen molar-refractivity contribution in [2.45, 2.75) is 142 Å². The summed E-state index contributed by atoms with van der Waals surface area (Å²) in [5.41, 5.74) is 3.98. The first-order chi connectivity index (χ1) is 19.2. The molecule has 0 radical (unpaired) electrons.